The lowest BCUT2D eigenvalue weighted by molar-refractivity contribution is 0.321. The van der Waals surface area contributed by atoms with Crippen molar-refractivity contribution in [1.29, 1.82) is 0 Å². The standard InChI is InChI=1S/C24H21FO2S/c1-3-26-20-11-9-19-14-23(28-24(19)15-20)17-7-5-16(6-8-17)18-10-12-22(27-4-2)21(25)13-18/h5-15H,3-4H2,1-2H3. The third-order valence-corrected chi connectivity index (χ3v) is 5.68. The van der Waals surface area contributed by atoms with E-state index in [1.54, 1.807) is 17.4 Å². The summed E-state index contributed by atoms with van der Waals surface area (Å²) in [4.78, 5) is 1.20. The molecule has 0 fully saturated rings. The van der Waals surface area contributed by atoms with Crippen LogP contribution in [0.15, 0.2) is 66.7 Å². The first kappa shape index (κ1) is 18.5. The van der Waals surface area contributed by atoms with Gasteiger partial charge < -0.3 is 9.47 Å². The predicted octanol–water partition coefficient (Wildman–Crippen LogP) is 7.17. The van der Waals surface area contributed by atoms with Crippen molar-refractivity contribution in [3.63, 3.8) is 0 Å². The van der Waals surface area contributed by atoms with Crippen LogP contribution in [0, 0.1) is 5.82 Å². The average molecular weight is 392 g/mol. The molecule has 3 aromatic carbocycles. The van der Waals surface area contributed by atoms with E-state index in [9.17, 15) is 4.39 Å². The minimum Gasteiger partial charge on any atom is -0.494 e. The van der Waals surface area contributed by atoms with E-state index in [4.69, 9.17) is 9.47 Å². The lowest BCUT2D eigenvalue weighted by Crippen LogP contribution is -1.94. The van der Waals surface area contributed by atoms with Gasteiger partial charge in [-0.2, -0.15) is 0 Å². The van der Waals surface area contributed by atoms with Crippen molar-refractivity contribution in [2.75, 3.05) is 13.2 Å². The van der Waals surface area contributed by atoms with Crippen LogP contribution in [0.25, 0.3) is 31.7 Å². The summed E-state index contributed by atoms with van der Waals surface area (Å²) in [5, 5.41) is 1.21. The fourth-order valence-corrected chi connectivity index (χ4v) is 4.29. The maximum Gasteiger partial charge on any atom is 0.165 e. The average Bonchev–Trinajstić information content (AvgIpc) is 3.13. The van der Waals surface area contributed by atoms with E-state index in [0.717, 1.165) is 22.4 Å². The molecule has 0 atom stereocenters. The van der Waals surface area contributed by atoms with Gasteiger partial charge in [-0.1, -0.05) is 30.3 Å². The molecule has 0 unspecified atom stereocenters. The lowest BCUT2D eigenvalue weighted by Gasteiger charge is -2.07. The Kier molecular flexibility index (Phi) is 5.31. The highest BCUT2D eigenvalue weighted by molar-refractivity contribution is 7.22. The van der Waals surface area contributed by atoms with Gasteiger partial charge in [0.25, 0.3) is 0 Å². The number of halogens is 1. The van der Waals surface area contributed by atoms with Gasteiger partial charge in [0.1, 0.15) is 5.75 Å². The van der Waals surface area contributed by atoms with Crippen molar-refractivity contribution >= 4 is 21.4 Å². The van der Waals surface area contributed by atoms with Gasteiger partial charge in [-0.15, -0.1) is 11.3 Å². The van der Waals surface area contributed by atoms with Gasteiger partial charge in [0.05, 0.1) is 13.2 Å². The van der Waals surface area contributed by atoms with Crippen LogP contribution in [0.5, 0.6) is 11.5 Å². The molecule has 0 aliphatic carbocycles. The van der Waals surface area contributed by atoms with Crippen LogP contribution in [-0.4, -0.2) is 13.2 Å². The number of hydrogen-bond donors (Lipinski definition) is 0. The second-order valence-corrected chi connectivity index (χ2v) is 7.48. The number of fused-ring (bicyclic) bond motifs is 1. The zero-order chi connectivity index (χ0) is 19.5. The Balaban J connectivity index is 1.61. The fourth-order valence-electron chi connectivity index (χ4n) is 3.19. The first-order valence-corrected chi connectivity index (χ1v) is 10.2. The van der Waals surface area contributed by atoms with Crippen molar-refractivity contribution in [3.05, 3.63) is 72.5 Å². The van der Waals surface area contributed by atoms with Crippen molar-refractivity contribution in [3.8, 4) is 33.1 Å². The third kappa shape index (κ3) is 3.73. The Morgan fingerprint density at radius 3 is 2.18 bits per heavy atom. The molecule has 0 saturated carbocycles. The summed E-state index contributed by atoms with van der Waals surface area (Å²) < 4.78 is 26.2. The van der Waals surface area contributed by atoms with E-state index in [1.165, 1.54) is 21.0 Å². The molecule has 142 valence electrons. The maximum absolute atomic E-state index is 14.1. The monoisotopic (exact) mass is 392 g/mol. The molecule has 0 aliphatic rings. The smallest absolute Gasteiger partial charge is 0.165 e. The molecule has 4 heteroatoms. The minimum atomic E-state index is -0.335. The van der Waals surface area contributed by atoms with E-state index < -0.39 is 0 Å². The second kappa shape index (κ2) is 8.03. The van der Waals surface area contributed by atoms with E-state index in [1.807, 2.05) is 38.1 Å². The highest BCUT2D eigenvalue weighted by Crippen LogP contribution is 2.36. The Hall–Kier alpha value is -2.85. The zero-order valence-electron chi connectivity index (χ0n) is 15.9. The van der Waals surface area contributed by atoms with E-state index in [-0.39, 0.29) is 5.82 Å². The molecule has 2 nitrogen and oxygen atoms in total. The molecule has 4 aromatic rings. The van der Waals surface area contributed by atoms with Gasteiger partial charge >= 0.3 is 0 Å². The maximum atomic E-state index is 14.1. The van der Waals surface area contributed by atoms with Crippen LogP contribution >= 0.6 is 11.3 Å². The molecule has 1 heterocycles. The van der Waals surface area contributed by atoms with Gasteiger partial charge in [-0.3, -0.25) is 0 Å². The van der Waals surface area contributed by atoms with Crippen LogP contribution in [0.2, 0.25) is 0 Å². The fraction of sp³-hybridized carbons (Fsp3) is 0.167. The van der Waals surface area contributed by atoms with E-state index in [0.29, 0.717) is 19.0 Å². The summed E-state index contributed by atoms with van der Waals surface area (Å²) in [6, 6.07) is 21.7. The van der Waals surface area contributed by atoms with Gasteiger partial charge in [0.2, 0.25) is 0 Å². The lowest BCUT2D eigenvalue weighted by atomic mass is 10.0. The molecule has 0 bridgehead atoms. The number of rotatable bonds is 6. The molecule has 4 rings (SSSR count). The summed E-state index contributed by atoms with van der Waals surface area (Å²) in [6.07, 6.45) is 0. The number of hydrogen-bond acceptors (Lipinski definition) is 3. The van der Waals surface area contributed by atoms with Crippen LogP contribution in [0.4, 0.5) is 4.39 Å². The second-order valence-electron chi connectivity index (χ2n) is 6.40. The van der Waals surface area contributed by atoms with Gasteiger partial charge in [0, 0.05) is 9.58 Å². The summed E-state index contributed by atoms with van der Waals surface area (Å²) in [5.74, 6) is 0.855. The van der Waals surface area contributed by atoms with E-state index in [2.05, 4.69) is 30.3 Å². The van der Waals surface area contributed by atoms with Gasteiger partial charge in [0.15, 0.2) is 11.6 Å². The largest absolute Gasteiger partial charge is 0.494 e. The molecular formula is C24H21FO2S. The highest BCUT2D eigenvalue weighted by atomic mass is 32.1. The predicted molar refractivity (Wildman–Crippen MR) is 115 cm³/mol. The van der Waals surface area contributed by atoms with Crippen LogP contribution in [-0.2, 0) is 0 Å². The molecule has 0 aliphatic heterocycles. The van der Waals surface area contributed by atoms with E-state index >= 15 is 0 Å². The molecule has 0 saturated heterocycles. The third-order valence-electron chi connectivity index (χ3n) is 4.54. The molecule has 0 amide bonds. The van der Waals surface area contributed by atoms with Crippen molar-refractivity contribution in [1.82, 2.24) is 0 Å². The molecule has 0 spiro atoms. The quantitative estimate of drug-likeness (QED) is 0.346. The SMILES string of the molecule is CCOc1ccc2cc(-c3ccc(-c4ccc(OCC)c(F)c4)cc3)sc2c1. The molecule has 1 aromatic heterocycles. The molecule has 28 heavy (non-hydrogen) atoms. The normalized spacial score (nSPS) is 11.0. The first-order valence-electron chi connectivity index (χ1n) is 9.37. The Morgan fingerprint density at radius 2 is 1.46 bits per heavy atom. The summed E-state index contributed by atoms with van der Waals surface area (Å²) >= 11 is 1.75. The minimum absolute atomic E-state index is 0.291. The Labute approximate surface area is 168 Å². The van der Waals surface area contributed by atoms with Crippen LogP contribution in [0.3, 0.4) is 0 Å². The summed E-state index contributed by atoms with van der Waals surface area (Å²) in [5.41, 5.74) is 2.96. The molecule has 0 N–H and O–H groups in total. The summed E-state index contributed by atoms with van der Waals surface area (Å²) in [7, 11) is 0. The van der Waals surface area contributed by atoms with Crippen molar-refractivity contribution in [2.24, 2.45) is 0 Å². The highest BCUT2D eigenvalue weighted by Gasteiger charge is 2.08. The van der Waals surface area contributed by atoms with Crippen molar-refractivity contribution < 1.29 is 13.9 Å². The molecular weight excluding hydrogens is 371 g/mol. The number of benzene rings is 3. The topological polar surface area (TPSA) is 18.5 Å². The number of thiophene rings is 1. The van der Waals surface area contributed by atoms with Crippen LogP contribution < -0.4 is 9.47 Å². The number of ether oxygens (including phenoxy) is 2. The molecule has 0 radical (unpaired) electrons. The van der Waals surface area contributed by atoms with Crippen LogP contribution in [0.1, 0.15) is 13.8 Å². The van der Waals surface area contributed by atoms with Crippen molar-refractivity contribution in [2.45, 2.75) is 13.8 Å². The van der Waals surface area contributed by atoms with Gasteiger partial charge in [-0.25, -0.2) is 4.39 Å². The van der Waals surface area contributed by atoms with Gasteiger partial charge in [-0.05, 0) is 72.3 Å². The Bertz CT molecular complexity index is 1100. The Morgan fingerprint density at radius 1 is 0.750 bits per heavy atom. The summed E-state index contributed by atoms with van der Waals surface area (Å²) in [6.45, 7) is 4.95. The first-order chi connectivity index (χ1) is 13.7. The zero-order valence-corrected chi connectivity index (χ0v) is 16.7.